The summed E-state index contributed by atoms with van der Waals surface area (Å²) in [4.78, 5) is 28.5. The molecule has 1 aromatic heterocycles. The van der Waals surface area contributed by atoms with Gasteiger partial charge in [0.05, 0.1) is 28.2 Å². The van der Waals surface area contributed by atoms with Crippen LogP contribution in [0.5, 0.6) is 0 Å². The average Bonchev–Trinajstić information content (AvgIpc) is 2.60. The summed E-state index contributed by atoms with van der Waals surface area (Å²) in [5.41, 5.74) is 0.00395. The maximum atomic E-state index is 13.7. The van der Waals surface area contributed by atoms with Crippen molar-refractivity contribution < 1.29 is 14.3 Å². The molecule has 130 valence electrons. The van der Waals surface area contributed by atoms with Gasteiger partial charge in [0.15, 0.2) is 0 Å². The van der Waals surface area contributed by atoms with E-state index >= 15 is 0 Å². The van der Waals surface area contributed by atoms with Crippen LogP contribution in [-0.2, 0) is 0 Å². The van der Waals surface area contributed by atoms with Crippen LogP contribution in [0.4, 0.5) is 9.18 Å². The van der Waals surface area contributed by atoms with Gasteiger partial charge in [-0.3, -0.25) is 9.36 Å². The van der Waals surface area contributed by atoms with Gasteiger partial charge in [-0.25, -0.2) is 14.2 Å². The maximum Gasteiger partial charge on any atom is 0.405 e. The van der Waals surface area contributed by atoms with E-state index in [4.69, 9.17) is 5.11 Å². The van der Waals surface area contributed by atoms with Gasteiger partial charge in [0.1, 0.15) is 17.7 Å². The second kappa shape index (κ2) is 6.64. The first-order valence-corrected chi connectivity index (χ1v) is 7.63. The number of fused-ring (bicyclic) bond motifs is 1. The zero-order valence-electron chi connectivity index (χ0n) is 13.6. The molecule has 1 atom stereocenters. The number of carbonyl (C=O) groups is 1. The van der Waals surface area contributed by atoms with Crippen LogP contribution in [0, 0.1) is 17.1 Å². The topological polar surface area (TPSA) is 108 Å². The van der Waals surface area contributed by atoms with Gasteiger partial charge in [-0.1, -0.05) is 12.1 Å². The Bertz CT molecular complexity index is 1120. The summed E-state index contributed by atoms with van der Waals surface area (Å²) < 4.78 is 14.8. The van der Waals surface area contributed by atoms with E-state index in [1.807, 2.05) is 6.07 Å². The lowest BCUT2D eigenvalue weighted by Gasteiger charge is -2.18. The highest BCUT2D eigenvalue weighted by Crippen LogP contribution is 2.20. The Hall–Kier alpha value is -3.73. The number of hydrogen-bond acceptors (Lipinski definition) is 4. The van der Waals surface area contributed by atoms with E-state index in [0.717, 1.165) is 10.6 Å². The van der Waals surface area contributed by atoms with Gasteiger partial charge < -0.3 is 10.4 Å². The number of nitrogens with one attached hydrogen (secondary N) is 1. The molecular weight excluding hydrogens is 339 g/mol. The lowest BCUT2D eigenvalue weighted by Crippen LogP contribution is -2.32. The smallest absolute Gasteiger partial charge is 0.405 e. The summed E-state index contributed by atoms with van der Waals surface area (Å²) in [6.45, 7) is 1.52. The van der Waals surface area contributed by atoms with Gasteiger partial charge in [0.2, 0.25) is 0 Å². The highest BCUT2D eigenvalue weighted by Gasteiger charge is 2.20. The molecule has 1 heterocycles. The molecule has 26 heavy (non-hydrogen) atoms. The van der Waals surface area contributed by atoms with E-state index < -0.39 is 23.5 Å². The van der Waals surface area contributed by atoms with Crippen molar-refractivity contribution in [3.63, 3.8) is 0 Å². The average molecular weight is 352 g/mol. The first-order valence-electron chi connectivity index (χ1n) is 7.63. The Kier molecular flexibility index (Phi) is 4.37. The molecule has 0 spiro atoms. The van der Waals surface area contributed by atoms with Crippen molar-refractivity contribution in [2.45, 2.75) is 13.0 Å². The van der Waals surface area contributed by atoms with Crippen molar-refractivity contribution in [1.82, 2.24) is 14.9 Å². The van der Waals surface area contributed by atoms with Crippen molar-refractivity contribution in [3.05, 3.63) is 70.0 Å². The molecule has 0 bridgehead atoms. The fourth-order valence-electron chi connectivity index (χ4n) is 2.75. The molecule has 3 rings (SSSR count). The van der Waals surface area contributed by atoms with Crippen LogP contribution in [0.2, 0.25) is 0 Å². The summed E-state index contributed by atoms with van der Waals surface area (Å²) in [5.74, 6) is -0.474. The van der Waals surface area contributed by atoms with E-state index in [2.05, 4.69) is 10.3 Å². The summed E-state index contributed by atoms with van der Waals surface area (Å²) in [6.07, 6.45) is -1.29. The summed E-state index contributed by atoms with van der Waals surface area (Å²) in [6, 6.07) is 11.0. The van der Waals surface area contributed by atoms with Crippen LogP contribution < -0.4 is 10.9 Å². The van der Waals surface area contributed by atoms with E-state index in [9.17, 15) is 19.2 Å². The minimum absolute atomic E-state index is 0.0885. The van der Waals surface area contributed by atoms with Crippen molar-refractivity contribution in [1.29, 1.82) is 5.26 Å². The summed E-state index contributed by atoms with van der Waals surface area (Å²) in [7, 11) is 0. The van der Waals surface area contributed by atoms with Crippen LogP contribution in [-0.4, -0.2) is 20.8 Å². The minimum atomic E-state index is -1.29. The molecule has 8 heteroatoms. The molecule has 2 N–H and O–H groups in total. The minimum Gasteiger partial charge on any atom is -0.465 e. The van der Waals surface area contributed by atoms with E-state index in [1.54, 1.807) is 12.1 Å². The van der Waals surface area contributed by atoms with Crippen LogP contribution in [0.15, 0.2) is 47.3 Å². The van der Waals surface area contributed by atoms with E-state index in [0.29, 0.717) is 0 Å². The predicted molar refractivity (Wildman–Crippen MR) is 91.6 cm³/mol. The third-order valence-corrected chi connectivity index (χ3v) is 3.84. The zero-order valence-corrected chi connectivity index (χ0v) is 13.6. The lowest BCUT2D eigenvalue weighted by atomic mass is 10.1. The van der Waals surface area contributed by atoms with Crippen LogP contribution in [0.1, 0.15) is 24.4 Å². The second-order valence-corrected chi connectivity index (χ2v) is 5.57. The van der Waals surface area contributed by atoms with Gasteiger partial charge in [-0.05, 0) is 37.3 Å². The van der Waals surface area contributed by atoms with Crippen LogP contribution >= 0.6 is 0 Å². The number of rotatable bonds is 3. The second-order valence-electron chi connectivity index (χ2n) is 5.57. The van der Waals surface area contributed by atoms with Gasteiger partial charge in [0, 0.05) is 0 Å². The highest BCUT2D eigenvalue weighted by atomic mass is 19.1. The number of carboxylic acid groups (broad SMARTS) is 1. The Morgan fingerprint density at radius 2 is 2.08 bits per heavy atom. The molecule has 7 nitrogen and oxygen atoms in total. The normalized spacial score (nSPS) is 11.7. The Morgan fingerprint density at radius 1 is 1.35 bits per heavy atom. The maximum absolute atomic E-state index is 13.7. The van der Waals surface area contributed by atoms with Crippen molar-refractivity contribution in [3.8, 4) is 11.8 Å². The Balaban J connectivity index is 2.41. The fraction of sp³-hybridized carbons (Fsp3) is 0.111. The molecule has 0 aliphatic heterocycles. The van der Waals surface area contributed by atoms with Gasteiger partial charge in [-0.2, -0.15) is 5.26 Å². The third-order valence-electron chi connectivity index (χ3n) is 3.84. The van der Waals surface area contributed by atoms with Crippen LogP contribution in [0.25, 0.3) is 16.6 Å². The monoisotopic (exact) mass is 352 g/mol. The van der Waals surface area contributed by atoms with Gasteiger partial charge in [-0.15, -0.1) is 0 Å². The molecule has 0 saturated carbocycles. The lowest BCUT2D eigenvalue weighted by molar-refractivity contribution is 0.190. The number of amides is 1. The number of nitriles is 1. The molecule has 1 unspecified atom stereocenters. The molecule has 0 fully saturated rings. The molecule has 0 aliphatic carbocycles. The number of halogens is 1. The standard InChI is InChI=1S/C18H13FN4O3/c1-10(21-18(25)26)16-22-14-7-2-4-11(9-20)15(14)17(24)23(16)13-6-3-5-12(19)8-13/h2-8,10,21H,1H3,(H,25,26). The number of nitrogens with zero attached hydrogens (tertiary/aromatic N) is 3. The fourth-order valence-corrected chi connectivity index (χ4v) is 2.75. The molecule has 0 aliphatic rings. The predicted octanol–water partition coefficient (Wildman–Crippen LogP) is 2.73. The molecule has 0 saturated heterocycles. The first-order chi connectivity index (χ1) is 12.4. The molecule has 1 amide bonds. The van der Waals surface area contributed by atoms with E-state index in [-0.39, 0.29) is 28.0 Å². The molecule has 2 aromatic carbocycles. The largest absolute Gasteiger partial charge is 0.465 e. The SMILES string of the molecule is CC(NC(=O)O)c1nc2cccc(C#N)c2c(=O)n1-c1cccc(F)c1. The van der Waals surface area contributed by atoms with E-state index in [1.165, 1.54) is 31.2 Å². The number of aromatic nitrogens is 2. The van der Waals surface area contributed by atoms with Gasteiger partial charge in [0.25, 0.3) is 5.56 Å². The highest BCUT2D eigenvalue weighted by molar-refractivity contribution is 5.84. The summed E-state index contributed by atoms with van der Waals surface area (Å²) in [5, 5.41) is 20.6. The molecule has 3 aromatic rings. The Labute approximate surface area is 147 Å². The summed E-state index contributed by atoms with van der Waals surface area (Å²) >= 11 is 0. The number of benzene rings is 2. The zero-order chi connectivity index (χ0) is 18.8. The van der Waals surface area contributed by atoms with Crippen LogP contribution in [0.3, 0.4) is 0 Å². The van der Waals surface area contributed by atoms with Crippen molar-refractivity contribution in [2.75, 3.05) is 0 Å². The first kappa shape index (κ1) is 17.1. The molecule has 0 radical (unpaired) electrons. The Morgan fingerprint density at radius 3 is 2.73 bits per heavy atom. The third kappa shape index (κ3) is 2.98. The quantitative estimate of drug-likeness (QED) is 0.753. The van der Waals surface area contributed by atoms with Crippen molar-refractivity contribution in [2.24, 2.45) is 0 Å². The molecular formula is C18H13FN4O3. The number of hydrogen-bond donors (Lipinski definition) is 2. The van der Waals surface area contributed by atoms with Gasteiger partial charge >= 0.3 is 6.09 Å². The van der Waals surface area contributed by atoms with Crippen molar-refractivity contribution >= 4 is 17.0 Å².